The van der Waals surface area contributed by atoms with Gasteiger partial charge in [-0.15, -0.1) is 0 Å². The molecule has 1 fully saturated rings. The summed E-state index contributed by atoms with van der Waals surface area (Å²) in [5.74, 6) is 0.937. The lowest BCUT2D eigenvalue weighted by atomic mass is 10.1. The second-order valence-corrected chi connectivity index (χ2v) is 7.90. The molecule has 5 rings (SSSR count). The monoisotopic (exact) mass is 409 g/mol. The minimum atomic E-state index is -0.0355. The standard InChI is InChI=1S/C19H19N7O2S/c1-28-16-12(7-11-8-20-9-13(11)24-16)23-15-14-17(22-10-21-15)29-18(25-14)19(27)26-5-3-2-4-6-26/h7-8,10H,2-6,9H2,1H3,(H,21,22,23). The van der Waals surface area contributed by atoms with Crippen molar-refractivity contribution in [2.24, 2.45) is 4.99 Å². The number of thiazole rings is 1. The number of fused-ring (bicyclic) bond motifs is 2. The predicted octanol–water partition coefficient (Wildman–Crippen LogP) is 2.79. The number of nitrogens with one attached hydrogen (secondary N) is 1. The molecule has 0 unspecified atom stereocenters. The number of likely N-dealkylation sites (tertiary alicyclic amines) is 1. The molecular weight excluding hydrogens is 390 g/mol. The fourth-order valence-electron chi connectivity index (χ4n) is 3.56. The number of ether oxygens (including phenoxy) is 1. The van der Waals surface area contributed by atoms with Crippen LogP contribution in [-0.2, 0) is 6.54 Å². The van der Waals surface area contributed by atoms with Crippen LogP contribution in [0.15, 0.2) is 17.4 Å². The number of nitrogens with zero attached hydrogens (tertiary/aromatic N) is 6. The van der Waals surface area contributed by atoms with Gasteiger partial charge in [-0.3, -0.25) is 9.79 Å². The van der Waals surface area contributed by atoms with E-state index < -0.39 is 0 Å². The van der Waals surface area contributed by atoms with Crippen LogP contribution in [0.3, 0.4) is 0 Å². The summed E-state index contributed by atoms with van der Waals surface area (Å²) in [4.78, 5) is 37.3. The van der Waals surface area contributed by atoms with E-state index in [2.05, 4.69) is 30.2 Å². The largest absolute Gasteiger partial charge is 0.480 e. The molecule has 148 valence electrons. The molecule has 2 aliphatic rings. The van der Waals surface area contributed by atoms with Gasteiger partial charge in [-0.05, 0) is 25.3 Å². The number of pyridine rings is 1. The van der Waals surface area contributed by atoms with E-state index in [4.69, 9.17) is 4.74 Å². The van der Waals surface area contributed by atoms with Gasteiger partial charge in [0.1, 0.15) is 22.4 Å². The Labute approximate surface area is 170 Å². The van der Waals surface area contributed by atoms with Gasteiger partial charge >= 0.3 is 0 Å². The van der Waals surface area contributed by atoms with E-state index in [1.165, 1.54) is 24.1 Å². The van der Waals surface area contributed by atoms with E-state index in [9.17, 15) is 4.79 Å². The molecule has 5 heterocycles. The zero-order valence-electron chi connectivity index (χ0n) is 15.9. The second kappa shape index (κ2) is 7.36. The van der Waals surface area contributed by atoms with Crippen molar-refractivity contribution in [2.45, 2.75) is 25.8 Å². The number of aliphatic imine (C=N–C) groups is 1. The summed E-state index contributed by atoms with van der Waals surface area (Å²) < 4.78 is 5.43. The van der Waals surface area contributed by atoms with Gasteiger partial charge in [-0.1, -0.05) is 11.3 Å². The van der Waals surface area contributed by atoms with Gasteiger partial charge in [0.2, 0.25) is 5.88 Å². The predicted molar refractivity (Wildman–Crippen MR) is 110 cm³/mol. The van der Waals surface area contributed by atoms with Crippen LogP contribution in [0.1, 0.15) is 40.3 Å². The van der Waals surface area contributed by atoms with Crippen molar-refractivity contribution < 1.29 is 9.53 Å². The molecule has 0 radical (unpaired) electrons. The number of hydrogen-bond acceptors (Lipinski definition) is 9. The summed E-state index contributed by atoms with van der Waals surface area (Å²) in [6.07, 6.45) is 6.51. The van der Waals surface area contributed by atoms with Gasteiger partial charge in [0.25, 0.3) is 5.91 Å². The highest BCUT2D eigenvalue weighted by molar-refractivity contribution is 7.19. The van der Waals surface area contributed by atoms with Crippen LogP contribution in [0.2, 0.25) is 0 Å². The van der Waals surface area contributed by atoms with Gasteiger partial charge < -0.3 is 15.0 Å². The Bertz CT molecular complexity index is 1120. The van der Waals surface area contributed by atoms with Gasteiger partial charge in [0.05, 0.1) is 19.3 Å². The Hall–Kier alpha value is -3.14. The smallest absolute Gasteiger partial charge is 0.282 e. The number of methoxy groups -OCH3 is 1. The minimum Gasteiger partial charge on any atom is -0.480 e. The molecule has 29 heavy (non-hydrogen) atoms. The van der Waals surface area contributed by atoms with Crippen molar-refractivity contribution in [1.82, 2.24) is 24.8 Å². The lowest BCUT2D eigenvalue weighted by Crippen LogP contribution is -2.35. The fourth-order valence-corrected chi connectivity index (χ4v) is 4.43. The summed E-state index contributed by atoms with van der Waals surface area (Å²) >= 11 is 1.29. The maximum atomic E-state index is 12.8. The highest BCUT2D eigenvalue weighted by atomic mass is 32.1. The van der Waals surface area contributed by atoms with Crippen LogP contribution >= 0.6 is 11.3 Å². The molecule has 9 nitrogen and oxygen atoms in total. The first-order valence-corrected chi connectivity index (χ1v) is 10.3. The van der Waals surface area contributed by atoms with E-state index in [0.717, 1.165) is 37.2 Å². The number of anilines is 2. The third kappa shape index (κ3) is 3.29. The summed E-state index contributed by atoms with van der Waals surface area (Å²) in [6, 6.07) is 1.93. The molecule has 1 amide bonds. The molecule has 0 spiro atoms. The molecule has 0 aromatic carbocycles. The number of rotatable bonds is 4. The SMILES string of the molecule is COc1nc2c(cc1Nc1ncnc3sc(C(=O)N4CCCCC4)nc13)C=NC2. The Kier molecular flexibility index (Phi) is 4.55. The highest BCUT2D eigenvalue weighted by Crippen LogP contribution is 2.32. The van der Waals surface area contributed by atoms with E-state index in [1.807, 2.05) is 11.0 Å². The molecular formula is C19H19N7O2S. The third-order valence-electron chi connectivity index (χ3n) is 5.04. The van der Waals surface area contributed by atoms with Crippen molar-refractivity contribution in [2.75, 3.05) is 25.5 Å². The first-order valence-electron chi connectivity index (χ1n) is 9.48. The highest BCUT2D eigenvalue weighted by Gasteiger charge is 2.23. The van der Waals surface area contributed by atoms with Crippen LogP contribution in [0, 0.1) is 0 Å². The normalized spacial score (nSPS) is 15.6. The molecule has 0 atom stereocenters. The summed E-state index contributed by atoms with van der Waals surface area (Å²) in [7, 11) is 1.57. The molecule has 2 aliphatic heterocycles. The molecule has 3 aromatic heterocycles. The molecule has 0 saturated carbocycles. The van der Waals surface area contributed by atoms with Gasteiger partial charge in [0, 0.05) is 24.9 Å². The van der Waals surface area contributed by atoms with Crippen molar-refractivity contribution in [3.63, 3.8) is 0 Å². The lowest BCUT2D eigenvalue weighted by molar-refractivity contribution is 0.0724. The van der Waals surface area contributed by atoms with Gasteiger partial charge in [-0.25, -0.2) is 19.9 Å². The average Bonchev–Trinajstić information content (AvgIpc) is 3.40. The quantitative estimate of drug-likeness (QED) is 0.706. The molecule has 0 aliphatic carbocycles. The molecule has 3 aromatic rings. The topological polar surface area (TPSA) is 105 Å². The Morgan fingerprint density at radius 3 is 2.90 bits per heavy atom. The van der Waals surface area contributed by atoms with Crippen LogP contribution < -0.4 is 10.1 Å². The van der Waals surface area contributed by atoms with Crippen molar-refractivity contribution in [3.05, 3.63) is 28.7 Å². The van der Waals surface area contributed by atoms with Crippen LogP contribution in [0.25, 0.3) is 10.3 Å². The Morgan fingerprint density at radius 2 is 2.07 bits per heavy atom. The average molecular weight is 409 g/mol. The van der Waals surface area contributed by atoms with E-state index in [-0.39, 0.29) is 5.91 Å². The van der Waals surface area contributed by atoms with E-state index in [0.29, 0.717) is 39.3 Å². The van der Waals surface area contributed by atoms with Gasteiger partial charge in [-0.2, -0.15) is 0 Å². The number of carbonyl (C=O) groups is 1. The summed E-state index contributed by atoms with van der Waals surface area (Å²) in [6.45, 7) is 2.12. The molecule has 0 bridgehead atoms. The van der Waals surface area contributed by atoms with Crippen LogP contribution in [0.4, 0.5) is 11.5 Å². The van der Waals surface area contributed by atoms with Crippen molar-refractivity contribution in [3.8, 4) is 5.88 Å². The third-order valence-corrected chi connectivity index (χ3v) is 5.99. The zero-order chi connectivity index (χ0) is 19.8. The summed E-state index contributed by atoms with van der Waals surface area (Å²) in [5, 5.41) is 3.69. The number of aromatic nitrogens is 4. The molecule has 1 N–H and O–H groups in total. The first-order chi connectivity index (χ1) is 14.2. The van der Waals surface area contributed by atoms with Crippen molar-refractivity contribution in [1.29, 1.82) is 0 Å². The summed E-state index contributed by atoms with van der Waals surface area (Å²) in [5.41, 5.74) is 3.05. The van der Waals surface area contributed by atoms with Crippen molar-refractivity contribution >= 4 is 45.3 Å². The van der Waals surface area contributed by atoms with E-state index in [1.54, 1.807) is 13.3 Å². The fraction of sp³-hybridized carbons (Fsp3) is 0.368. The first kappa shape index (κ1) is 17.9. The Balaban J connectivity index is 1.49. The molecule has 10 heteroatoms. The zero-order valence-corrected chi connectivity index (χ0v) is 16.7. The van der Waals surface area contributed by atoms with Crippen LogP contribution in [0.5, 0.6) is 5.88 Å². The Morgan fingerprint density at radius 1 is 1.21 bits per heavy atom. The second-order valence-electron chi connectivity index (χ2n) is 6.92. The van der Waals surface area contributed by atoms with E-state index >= 15 is 0 Å². The van der Waals surface area contributed by atoms with Crippen LogP contribution in [-0.4, -0.2) is 57.2 Å². The number of piperidine rings is 1. The molecule has 1 saturated heterocycles. The maximum absolute atomic E-state index is 12.8. The number of carbonyl (C=O) groups excluding carboxylic acids is 1. The minimum absolute atomic E-state index is 0.0355. The lowest BCUT2D eigenvalue weighted by Gasteiger charge is -2.25. The number of hydrogen-bond donors (Lipinski definition) is 1. The van der Waals surface area contributed by atoms with Gasteiger partial charge in [0.15, 0.2) is 10.8 Å². The maximum Gasteiger partial charge on any atom is 0.282 e. The number of amides is 1.